The zero-order valence-corrected chi connectivity index (χ0v) is 21.9. The van der Waals surface area contributed by atoms with E-state index in [1.54, 1.807) is 29.9 Å². The highest BCUT2D eigenvalue weighted by Gasteiger charge is 2.19. The molecule has 0 unspecified atom stereocenters. The number of fused-ring (bicyclic) bond motifs is 2. The Morgan fingerprint density at radius 3 is 1.83 bits per heavy atom. The minimum atomic E-state index is -0.487. The monoisotopic (exact) mass is 552 g/mol. The minimum absolute atomic E-state index is 0.0833. The molecule has 4 aromatic carbocycles. The van der Waals surface area contributed by atoms with Crippen molar-refractivity contribution >= 4 is 33.2 Å². The molecule has 0 aliphatic heterocycles. The second-order valence-corrected chi connectivity index (χ2v) is 9.21. The van der Waals surface area contributed by atoms with E-state index in [0.29, 0.717) is 29.4 Å². The highest BCUT2D eigenvalue weighted by Crippen LogP contribution is 2.40. The molecule has 2 aromatic heterocycles. The van der Waals surface area contributed by atoms with Gasteiger partial charge in [-0.15, -0.1) is 9.81 Å². The average molecular weight is 553 g/mol. The molecule has 6 aromatic rings. The van der Waals surface area contributed by atoms with E-state index >= 15 is 0 Å². The Labute approximate surface area is 233 Å². The van der Waals surface area contributed by atoms with Gasteiger partial charge >= 0.3 is 0 Å². The van der Waals surface area contributed by atoms with Gasteiger partial charge in [0.25, 0.3) is 0 Å². The van der Waals surface area contributed by atoms with Gasteiger partial charge in [-0.05, 0) is 57.9 Å². The first-order chi connectivity index (χ1) is 19.9. The van der Waals surface area contributed by atoms with E-state index in [-0.39, 0.29) is 23.1 Å². The van der Waals surface area contributed by atoms with Gasteiger partial charge in [0, 0.05) is 10.8 Å². The van der Waals surface area contributed by atoms with Crippen molar-refractivity contribution in [2.24, 2.45) is 10.4 Å². The van der Waals surface area contributed by atoms with Crippen LogP contribution in [0.3, 0.4) is 0 Å². The molecule has 10 heteroatoms. The first-order valence-corrected chi connectivity index (χ1v) is 12.6. The van der Waals surface area contributed by atoms with Crippen LogP contribution in [0.15, 0.2) is 107 Å². The predicted molar refractivity (Wildman–Crippen MR) is 156 cm³/mol. The van der Waals surface area contributed by atoms with Crippen LogP contribution < -0.4 is 4.74 Å². The number of nitrogens with zero attached hydrogens (tertiary/aromatic N) is 4. The van der Waals surface area contributed by atoms with Crippen LogP contribution in [0.2, 0.25) is 0 Å². The van der Waals surface area contributed by atoms with Crippen LogP contribution >= 0.6 is 0 Å². The standard InChI is InChI=1S/C16H13FN2O3.C15H12N2O2/c1-22-12-5-2-10(3-6-12)9-19-14-7-4-11(17)8-13(14)15(18-21)16(19)20;18-15-14(16-19)12-8-4-5-9-13(12)17(15)10-11-6-2-1-3-7-11/h2-8,20H,9H2,1H3;1-9,18H,10H2. The summed E-state index contributed by atoms with van der Waals surface area (Å²) in [6.07, 6.45) is 0. The first kappa shape index (κ1) is 27.1. The maximum absolute atomic E-state index is 13.4. The number of aromatic nitrogens is 2. The Morgan fingerprint density at radius 2 is 1.22 bits per heavy atom. The van der Waals surface area contributed by atoms with Crippen molar-refractivity contribution < 1.29 is 19.3 Å². The Balaban J connectivity index is 0.000000166. The summed E-state index contributed by atoms with van der Waals surface area (Å²) in [4.78, 5) is 21.8. The minimum Gasteiger partial charge on any atom is -0.497 e. The largest absolute Gasteiger partial charge is 0.497 e. The van der Waals surface area contributed by atoms with E-state index in [0.717, 1.165) is 22.4 Å². The zero-order chi connectivity index (χ0) is 28.9. The molecule has 0 saturated heterocycles. The van der Waals surface area contributed by atoms with Gasteiger partial charge < -0.3 is 24.1 Å². The fourth-order valence-corrected chi connectivity index (χ4v) is 4.75. The van der Waals surface area contributed by atoms with E-state index < -0.39 is 5.82 Å². The topological polar surface area (TPSA) is 118 Å². The summed E-state index contributed by atoms with van der Waals surface area (Å²) in [6.45, 7) is 0.830. The summed E-state index contributed by atoms with van der Waals surface area (Å²) >= 11 is 0. The lowest BCUT2D eigenvalue weighted by Gasteiger charge is -2.08. The Bertz CT molecular complexity index is 1850. The van der Waals surface area contributed by atoms with Gasteiger partial charge in [0.2, 0.25) is 11.8 Å². The SMILES string of the molecule is COc1ccc(Cn2c(O)c(N=O)c3cc(F)ccc32)cc1.O=Nc1c(O)n(Cc2ccccc2)c2ccccc12. The molecule has 206 valence electrons. The molecule has 2 N–H and O–H groups in total. The lowest BCUT2D eigenvalue weighted by atomic mass is 10.2. The molecule has 2 heterocycles. The number of hydrogen-bond donors (Lipinski definition) is 2. The number of nitroso groups, excluding NO2 is 2. The van der Waals surface area contributed by atoms with Crippen molar-refractivity contribution in [3.05, 3.63) is 124 Å². The van der Waals surface area contributed by atoms with Crippen molar-refractivity contribution in [1.82, 2.24) is 9.13 Å². The predicted octanol–water partition coefficient (Wildman–Crippen LogP) is 7.73. The maximum Gasteiger partial charge on any atom is 0.222 e. The van der Waals surface area contributed by atoms with Gasteiger partial charge in [-0.25, -0.2) is 4.39 Å². The van der Waals surface area contributed by atoms with Crippen LogP contribution in [0.25, 0.3) is 21.8 Å². The van der Waals surface area contributed by atoms with Gasteiger partial charge in [0.1, 0.15) is 11.6 Å². The van der Waals surface area contributed by atoms with Gasteiger partial charge in [0.15, 0.2) is 11.4 Å². The molecule has 0 bridgehead atoms. The average Bonchev–Trinajstić information content (AvgIpc) is 3.42. The number of rotatable bonds is 7. The summed E-state index contributed by atoms with van der Waals surface area (Å²) < 4.78 is 21.7. The fraction of sp³-hybridized carbons (Fsp3) is 0.0968. The number of ether oxygens (including phenoxy) is 1. The van der Waals surface area contributed by atoms with Gasteiger partial charge in [-0.2, -0.15) is 0 Å². The zero-order valence-electron chi connectivity index (χ0n) is 21.9. The third-order valence-corrected chi connectivity index (χ3v) is 6.76. The molecular formula is C31H25FN4O5. The smallest absolute Gasteiger partial charge is 0.222 e. The van der Waals surface area contributed by atoms with Gasteiger partial charge in [-0.3, -0.25) is 0 Å². The Morgan fingerprint density at radius 1 is 0.683 bits per heavy atom. The Hall–Kier alpha value is -5.51. The molecule has 9 nitrogen and oxygen atoms in total. The van der Waals surface area contributed by atoms with E-state index in [2.05, 4.69) is 10.4 Å². The summed E-state index contributed by atoms with van der Waals surface area (Å²) in [5.41, 5.74) is 3.25. The van der Waals surface area contributed by atoms with Crippen LogP contribution in [0.5, 0.6) is 17.5 Å². The molecule has 0 aliphatic rings. The molecule has 0 amide bonds. The van der Waals surface area contributed by atoms with Gasteiger partial charge in [0.05, 0.1) is 31.2 Å². The van der Waals surface area contributed by atoms with Crippen molar-refractivity contribution in [3.63, 3.8) is 0 Å². The summed E-state index contributed by atoms with van der Waals surface area (Å²) in [7, 11) is 1.58. The highest BCUT2D eigenvalue weighted by molar-refractivity contribution is 5.96. The summed E-state index contributed by atoms with van der Waals surface area (Å²) in [5.74, 6) is -0.117. The van der Waals surface area contributed by atoms with Crippen LogP contribution in [-0.4, -0.2) is 26.5 Å². The molecule has 0 atom stereocenters. The molecule has 6 rings (SSSR count). The molecule has 0 radical (unpaired) electrons. The van der Waals surface area contributed by atoms with Crippen LogP contribution in [0.1, 0.15) is 11.1 Å². The molecule has 41 heavy (non-hydrogen) atoms. The molecule has 0 aliphatic carbocycles. The lowest BCUT2D eigenvalue weighted by molar-refractivity contribution is 0.414. The molecule has 0 fully saturated rings. The quantitative estimate of drug-likeness (QED) is 0.196. The second-order valence-electron chi connectivity index (χ2n) is 9.21. The van der Waals surface area contributed by atoms with Crippen LogP contribution in [0.4, 0.5) is 15.8 Å². The van der Waals surface area contributed by atoms with E-state index in [4.69, 9.17) is 4.74 Å². The second kappa shape index (κ2) is 11.7. The van der Waals surface area contributed by atoms with Crippen LogP contribution in [0, 0.1) is 15.6 Å². The third kappa shape index (κ3) is 5.35. The summed E-state index contributed by atoms with van der Waals surface area (Å²) in [6, 6.07) is 28.4. The van der Waals surface area contributed by atoms with Crippen molar-refractivity contribution in [1.29, 1.82) is 0 Å². The number of benzene rings is 4. The normalized spacial score (nSPS) is 10.8. The summed E-state index contributed by atoms with van der Waals surface area (Å²) in [5, 5.41) is 27.1. The van der Waals surface area contributed by atoms with E-state index in [1.807, 2.05) is 60.7 Å². The number of halogens is 1. The maximum atomic E-state index is 13.4. The Kier molecular flexibility index (Phi) is 7.73. The fourth-order valence-electron chi connectivity index (χ4n) is 4.75. The third-order valence-electron chi connectivity index (χ3n) is 6.76. The lowest BCUT2D eigenvalue weighted by Crippen LogP contribution is -1.99. The number of methoxy groups -OCH3 is 1. The highest BCUT2D eigenvalue weighted by atomic mass is 19.1. The van der Waals surface area contributed by atoms with E-state index in [1.165, 1.54) is 22.8 Å². The number of aromatic hydroxyl groups is 2. The van der Waals surface area contributed by atoms with Crippen LogP contribution in [-0.2, 0) is 13.1 Å². The van der Waals surface area contributed by atoms with Gasteiger partial charge in [-0.1, -0.05) is 60.7 Å². The van der Waals surface area contributed by atoms with E-state index in [9.17, 15) is 24.4 Å². The molecule has 0 spiro atoms. The molecular weight excluding hydrogens is 527 g/mol. The number of para-hydroxylation sites is 1. The first-order valence-electron chi connectivity index (χ1n) is 12.6. The van der Waals surface area contributed by atoms with Crippen molar-refractivity contribution in [2.75, 3.05) is 7.11 Å². The van der Waals surface area contributed by atoms with Crippen molar-refractivity contribution in [2.45, 2.75) is 13.1 Å². The van der Waals surface area contributed by atoms with Crippen molar-refractivity contribution in [3.8, 4) is 17.5 Å². The number of hydrogen-bond acceptors (Lipinski definition) is 7. The molecule has 0 saturated carbocycles.